The molecule has 0 aliphatic heterocycles. The molecule has 0 saturated carbocycles. The molecule has 0 bridgehead atoms. The normalized spacial score (nSPS) is 12.5. The van der Waals surface area contributed by atoms with Crippen LogP contribution in [0.4, 0.5) is 0 Å². The van der Waals surface area contributed by atoms with Crippen molar-refractivity contribution in [3.05, 3.63) is 9.88 Å². The van der Waals surface area contributed by atoms with Gasteiger partial charge in [0.15, 0.2) is 0 Å². The molecular weight excluding hydrogens is 267 g/mol. The summed E-state index contributed by atoms with van der Waals surface area (Å²) in [6.45, 7) is 6.87. The maximum atomic E-state index is 2.49. The van der Waals surface area contributed by atoms with E-state index >= 15 is 0 Å². The zero-order chi connectivity index (χ0) is 11.5. The van der Waals surface area contributed by atoms with Crippen LogP contribution < -0.4 is 0 Å². The molecule has 0 atom stereocenters. The Bertz CT molecular complexity index is 164. The van der Waals surface area contributed by atoms with Crippen LogP contribution in [0.3, 0.4) is 0 Å². The second-order valence-electron chi connectivity index (χ2n) is 4.28. The summed E-state index contributed by atoms with van der Waals surface area (Å²) in [5.74, 6) is 4.44. The van der Waals surface area contributed by atoms with Crippen LogP contribution in [0, 0.1) is 5.92 Å². The summed E-state index contributed by atoms with van der Waals surface area (Å²) in [6, 6.07) is 0. The number of hydrogen-bond donors (Lipinski definition) is 0. The number of thioether (sulfide) groups is 1. The molecule has 0 nitrogen and oxygen atoms in total. The second-order valence-corrected chi connectivity index (χ2v) is 7.71. The summed E-state index contributed by atoms with van der Waals surface area (Å²) in [7, 11) is 0. The Morgan fingerprint density at radius 2 is 2.00 bits per heavy atom. The summed E-state index contributed by atoms with van der Waals surface area (Å²) in [4.78, 5) is 0. The summed E-state index contributed by atoms with van der Waals surface area (Å²) in [5.41, 5.74) is 0. The molecule has 15 heavy (non-hydrogen) atoms. The molecule has 0 unspecified atom stereocenters. The van der Waals surface area contributed by atoms with Crippen molar-refractivity contribution in [1.82, 2.24) is 0 Å². The molecule has 0 aliphatic rings. The van der Waals surface area contributed by atoms with Gasteiger partial charge in [-0.15, -0.1) is 0 Å². The van der Waals surface area contributed by atoms with Gasteiger partial charge in [0.05, 0.1) is 0 Å². The molecule has 0 radical (unpaired) electrons. The number of rotatable bonds is 9. The molecule has 0 aromatic carbocycles. The summed E-state index contributed by atoms with van der Waals surface area (Å²) in [5, 5.41) is 0. The van der Waals surface area contributed by atoms with Crippen LogP contribution in [0.1, 0.15) is 52.9 Å². The molecule has 0 N–H and O–H groups in total. The number of hydrogen-bond acceptors (Lipinski definition) is 1. The first-order valence-corrected chi connectivity index (χ1v) is 9.63. The van der Waals surface area contributed by atoms with Crippen molar-refractivity contribution in [1.29, 1.82) is 0 Å². The second kappa shape index (κ2) is 11.1. The minimum atomic E-state index is 0.699. The van der Waals surface area contributed by atoms with E-state index in [1.165, 1.54) is 37.9 Å². The van der Waals surface area contributed by atoms with E-state index < -0.39 is 0 Å². The molecule has 0 aromatic rings. The van der Waals surface area contributed by atoms with Gasteiger partial charge < -0.3 is 0 Å². The van der Waals surface area contributed by atoms with Crippen molar-refractivity contribution in [2.45, 2.75) is 58.7 Å². The molecule has 0 fully saturated rings. The average Bonchev–Trinajstić information content (AvgIpc) is 2.22. The van der Waals surface area contributed by atoms with Gasteiger partial charge in [-0.05, 0) is 0 Å². The Labute approximate surface area is 107 Å². The Morgan fingerprint density at radius 3 is 2.53 bits per heavy atom. The van der Waals surface area contributed by atoms with Crippen molar-refractivity contribution in [2.75, 3.05) is 5.75 Å². The van der Waals surface area contributed by atoms with Crippen molar-refractivity contribution >= 4 is 26.7 Å². The fourth-order valence-electron chi connectivity index (χ4n) is 1.24. The third kappa shape index (κ3) is 10.9. The van der Waals surface area contributed by atoms with Crippen LogP contribution in [0.15, 0.2) is 9.88 Å². The predicted molar refractivity (Wildman–Crippen MR) is 75.8 cm³/mol. The van der Waals surface area contributed by atoms with E-state index in [1.807, 2.05) is 0 Å². The molecular formula is C13H26SSe. The van der Waals surface area contributed by atoms with Crippen LogP contribution >= 0.6 is 11.8 Å². The minimum absolute atomic E-state index is 0.699. The SMILES string of the molecule is CCCCCC/C=C(/SCC(C)C)[Se]C. The topological polar surface area (TPSA) is 0 Å². The van der Waals surface area contributed by atoms with Crippen LogP contribution in [0.2, 0.25) is 5.82 Å². The zero-order valence-corrected chi connectivity index (χ0v) is 13.2. The van der Waals surface area contributed by atoms with Gasteiger partial charge in [0, 0.05) is 0 Å². The molecule has 90 valence electrons. The first kappa shape index (κ1) is 15.6. The van der Waals surface area contributed by atoms with Gasteiger partial charge in [0.2, 0.25) is 0 Å². The van der Waals surface area contributed by atoms with E-state index in [4.69, 9.17) is 0 Å². The molecule has 0 aliphatic carbocycles. The quantitative estimate of drug-likeness (QED) is 0.428. The third-order valence-electron chi connectivity index (χ3n) is 2.13. The molecule has 0 spiro atoms. The molecule has 0 rings (SSSR count). The van der Waals surface area contributed by atoms with Gasteiger partial charge in [0.25, 0.3) is 0 Å². The summed E-state index contributed by atoms with van der Waals surface area (Å²) < 4.78 is 1.66. The molecule has 2 heteroatoms. The molecule has 0 aromatic heterocycles. The summed E-state index contributed by atoms with van der Waals surface area (Å²) >= 11 is 2.78. The van der Waals surface area contributed by atoms with Crippen molar-refractivity contribution in [3.8, 4) is 0 Å². The third-order valence-corrected chi connectivity index (χ3v) is 6.21. The first-order chi connectivity index (χ1) is 7.20. The number of allylic oxidation sites excluding steroid dienone is 1. The maximum absolute atomic E-state index is 2.49. The van der Waals surface area contributed by atoms with E-state index in [-0.39, 0.29) is 0 Å². The van der Waals surface area contributed by atoms with Crippen LogP contribution in [-0.4, -0.2) is 20.7 Å². The fourth-order valence-corrected chi connectivity index (χ4v) is 3.86. The fraction of sp³-hybridized carbons (Fsp3) is 0.846. The number of unbranched alkanes of at least 4 members (excludes halogenated alkanes) is 4. The van der Waals surface area contributed by atoms with E-state index in [2.05, 4.69) is 44.4 Å². The van der Waals surface area contributed by atoms with Crippen molar-refractivity contribution in [3.63, 3.8) is 0 Å². The van der Waals surface area contributed by atoms with E-state index in [0.29, 0.717) is 15.0 Å². The van der Waals surface area contributed by atoms with Gasteiger partial charge in [0.1, 0.15) is 0 Å². The Balaban J connectivity index is 3.60. The summed E-state index contributed by atoms with van der Waals surface area (Å²) in [6.07, 6.45) is 9.33. The van der Waals surface area contributed by atoms with Gasteiger partial charge in [-0.3, -0.25) is 0 Å². The Kier molecular flexibility index (Phi) is 11.6. The van der Waals surface area contributed by atoms with E-state index in [9.17, 15) is 0 Å². The van der Waals surface area contributed by atoms with Gasteiger partial charge in [-0.25, -0.2) is 0 Å². The first-order valence-electron chi connectivity index (χ1n) is 6.07. The van der Waals surface area contributed by atoms with E-state index in [1.54, 1.807) is 3.80 Å². The average molecular weight is 293 g/mol. The Morgan fingerprint density at radius 1 is 1.27 bits per heavy atom. The zero-order valence-electron chi connectivity index (χ0n) is 10.7. The van der Waals surface area contributed by atoms with E-state index in [0.717, 1.165) is 5.92 Å². The van der Waals surface area contributed by atoms with Crippen molar-refractivity contribution < 1.29 is 0 Å². The Hall–Kier alpha value is 0.609. The van der Waals surface area contributed by atoms with Crippen LogP contribution in [0.25, 0.3) is 0 Å². The molecule has 0 amide bonds. The van der Waals surface area contributed by atoms with Crippen molar-refractivity contribution in [2.24, 2.45) is 5.92 Å². The van der Waals surface area contributed by atoms with Crippen LogP contribution in [0.5, 0.6) is 0 Å². The standard InChI is InChI=1S/C13H26SSe/c1-5-6-7-8-9-10-13(15-4)14-11-12(2)3/h10,12H,5-9,11H2,1-4H3/b13-10-. The van der Waals surface area contributed by atoms with Gasteiger partial charge in [-0.1, -0.05) is 0 Å². The van der Waals surface area contributed by atoms with Gasteiger partial charge >= 0.3 is 107 Å². The monoisotopic (exact) mass is 294 g/mol. The molecule has 0 heterocycles. The predicted octanol–water partition coefficient (Wildman–Crippen LogP) is 4.94. The molecule has 0 saturated heterocycles. The van der Waals surface area contributed by atoms with Gasteiger partial charge in [-0.2, -0.15) is 0 Å². The van der Waals surface area contributed by atoms with Crippen LogP contribution in [-0.2, 0) is 0 Å².